The second-order valence-corrected chi connectivity index (χ2v) is 4.96. The Bertz CT molecular complexity index is 283. The van der Waals surface area contributed by atoms with Crippen LogP contribution in [0.25, 0.3) is 0 Å². The molecule has 0 spiro atoms. The lowest BCUT2D eigenvalue weighted by atomic mass is 10.1. The molecule has 0 unspecified atom stereocenters. The van der Waals surface area contributed by atoms with E-state index in [1.165, 1.54) is 37.0 Å². The highest BCUT2D eigenvalue weighted by Crippen LogP contribution is 2.16. The molecule has 0 N–H and O–H groups in total. The summed E-state index contributed by atoms with van der Waals surface area (Å²) in [6, 6.07) is 0. The molecule has 1 rings (SSSR count). The van der Waals surface area contributed by atoms with E-state index in [0.29, 0.717) is 6.42 Å². The summed E-state index contributed by atoms with van der Waals surface area (Å²) in [5, 5.41) is 0.952. The van der Waals surface area contributed by atoms with Gasteiger partial charge in [0.1, 0.15) is 6.29 Å². The van der Waals surface area contributed by atoms with Crippen molar-refractivity contribution in [1.29, 1.82) is 0 Å². The van der Waals surface area contributed by atoms with Crippen LogP contribution in [0.2, 0.25) is 0 Å². The number of aryl methyl sites for hydroxylation is 1. The van der Waals surface area contributed by atoms with E-state index in [-0.39, 0.29) is 0 Å². The van der Waals surface area contributed by atoms with Crippen molar-refractivity contribution < 1.29 is 4.79 Å². The minimum Gasteiger partial charge on any atom is -0.303 e. The second kappa shape index (κ2) is 7.57. The van der Waals surface area contributed by atoms with Gasteiger partial charge in [-0.25, -0.2) is 4.98 Å². The van der Waals surface area contributed by atoms with Gasteiger partial charge in [-0.05, 0) is 12.8 Å². The Hall–Kier alpha value is -0.700. The van der Waals surface area contributed by atoms with Crippen LogP contribution in [0, 0.1) is 0 Å². The van der Waals surface area contributed by atoms with Gasteiger partial charge in [0.05, 0.1) is 11.4 Å². The molecule has 0 aliphatic rings. The van der Waals surface area contributed by atoms with Gasteiger partial charge in [-0.2, -0.15) is 0 Å². The minimum atomic E-state index is 0.473. The summed E-state index contributed by atoms with van der Waals surface area (Å²) in [6.07, 6.45) is 11.0. The zero-order chi connectivity index (χ0) is 10.9. The molecule has 0 aromatic carbocycles. The van der Waals surface area contributed by atoms with E-state index in [1.807, 2.05) is 6.20 Å². The molecular formula is C12H19NOS. The molecule has 0 aliphatic carbocycles. The number of thiazole rings is 1. The Balaban J connectivity index is 2.16. The second-order valence-electron chi connectivity index (χ2n) is 3.76. The van der Waals surface area contributed by atoms with Crippen LogP contribution in [0.5, 0.6) is 0 Å². The van der Waals surface area contributed by atoms with Crippen LogP contribution in [0.3, 0.4) is 0 Å². The fourth-order valence-electron chi connectivity index (χ4n) is 1.53. The average Bonchev–Trinajstić information content (AvgIpc) is 2.66. The molecule has 0 atom stereocenters. The fraction of sp³-hybridized carbons (Fsp3) is 0.667. The van der Waals surface area contributed by atoms with E-state index in [0.717, 1.165) is 17.7 Å². The molecule has 1 heterocycles. The smallest absolute Gasteiger partial charge is 0.126 e. The first kappa shape index (κ1) is 12.4. The van der Waals surface area contributed by atoms with Gasteiger partial charge in [-0.1, -0.05) is 32.6 Å². The monoisotopic (exact) mass is 225 g/mol. The molecule has 0 aliphatic heterocycles. The van der Waals surface area contributed by atoms with E-state index in [2.05, 4.69) is 11.9 Å². The largest absolute Gasteiger partial charge is 0.303 e. The van der Waals surface area contributed by atoms with Gasteiger partial charge >= 0.3 is 0 Å². The zero-order valence-electron chi connectivity index (χ0n) is 9.37. The summed E-state index contributed by atoms with van der Waals surface area (Å²) in [4.78, 5) is 15.8. The van der Waals surface area contributed by atoms with Crippen LogP contribution >= 0.6 is 11.3 Å². The number of rotatable bonds is 8. The lowest BCUT2D eigenvalue weighted by molar-refractivity contribution is -0.107. The summed E-state index contributed by atoms with van der Waals surface area (Å²) < 4.78 is 0. The molecular weight excluding hydrogens is 206 g/mol. The number of nitrogens with zero attached hydrogens (tertiary/aromatic N) is 1. The van der Waals surface area contributed by atoms with Crippen LogP contribution < -0.4 is 0 Å². The van der Waals surface area contributed by atoms with Gasteiger partial charge < -0.3 is 4.79 Å². The molecule has 0 bridgehead atoms. The SMILES string of the molecule is CCCCCCCc1cnc(CC=O)s1. The summed E-state index contributed by atoms with van der Waals surface area (Å²) in [5.41, 5.74) is 0. The highest BCUT2D eigenvalue weighted by molar-refractivity contribution is 7.11. The number of hydrogen-bond donors (Lipinski definition) is 0. The number of carbonyl (C=O) groups excluding carboxylic acids is 1. The molecule has 15 heavy (non-hydrogen) atoms. The number of unbranched alkanes of at least 4 members (excludes halogenated alkanes) is 4. The Kier molecular flexibility index (Phi) is 6.25. The molecule has 3 heteroatoms. The zero-order valence-corrected chi connectivity index (χ0v) is 10.2. The standard InChI is InChI=1S/C12H19NOS/c1-2-3-4-5-6-7-11-10-13-12(15-11)8-9-14/h9-10H,2-8H2,1H3. The highest BCUT2D eigenvalue weighted by Gasteiger charge is 2.00. The quantitative estimate of drug-likeness (QED) is 0.501. The molecule has 0 fully saturated rings. The molecule has 1 aromatic heterocycles. The summed E-state index contributed by atoms with van der Waals surface area (Å²) in [6.45, 7) is 2.23. The van der Waals surface area contributed by atoms with Crippen LogP contribution in [0.4, 0.5) is 0 Å². The van der Waals surface area contributed by atoms with Crippen molar-refractivity contribution in [3.63, 3.8) is 0 Å². The van der Waals surface area contributed by atoms with E-state index >= 15 is 0 Å². The lowest BCUT2D eigenvalue weighted by Crippen LogP contribution is -1.82. The van der Waals surface area contributed by atoms with Crippen molar-refractivity contribution in [2.45, 2.75) is 51.9 Å². The van der Waals surface area contributed by atoms with Crippen molar-refractivity contribution in [1.82, 2.24) is 4.98 Å². The van der Waals surface area contributed by atoms with Gasteiger partial charge in [0.15, 0.2) is 0 Å². The van der Waals surface area contributed by atoms with Crippen LogP contribution in [-0.4, -0.2) is 11.3 Å². The highest BCUT2D eigenvalue weighted by atomic mass is 32.1. The van der Waals surface area contributed by atoms with Gasteiger partial charge in [0, 0.05) is 11.1 Å². The third-order valence-corrected chi connectivity index (χ3v) is 3.47. The van der Waals surface area contributed by atoms with Crippen molar-refractivity contribution in [2.24, 2.45) is 0 Å². The maximum absolute atomic E-state index is 10.3. The van der Waals surface area contributed by atoms with Gasteiger partial charge in [0.25, 0.3) is 0 Å². The molecule has 84 valence electrons. The Morgan fingerprint density at radius 1 is 1.33 bits per heavy atom. The topological polar surface area (TPSA) is 30.0 Å². The van der Waals surface area contributed by atoms with Crippen LogP contribution in [-0.2, 0) is 17.6 Å². The number of aromatic nitrogens is 1. The van der Waals surface area contributed by atoms with Crippen molar-refractivity contribution >= 4 is 17.6 Å². The molecule has 1 aromatic rings. The van der Waals surface area contributed by atoms with E-state index in [9.17, 15) is 4.79 Å². The Labute approximate surface area is 95.7 Å². The predicted molar refractivity (Wildman–Crippen MR) is 64.3 cm³/mol. The van der Waals surface area contributed by atoms with Crippen molar-refractivity contribution in [3.8, 4) is 0 Å². The summed E-state index contributed by atoms with van der Waals surface area (Å²) >= 11 is 1.68. The molecule has 0 radical (unpaired) electrons. The van der Waals surface area contributed by atoms with E-state index < -0.39 is 0 Å². The Morgan fingerprint density at radius 2 is 2.13 bits per heavy atom. The number of hydrogen-bond acceptors (Lipinski definition) is 3. The molecule has 0 amide bonds. The first-order valence-corrected chi connectivity index (χ1v) is 6.55. The van der Waals surface area contributed by atoms with Gasteiger partial charge in [-0.15, -0.1) is 11.3 Å². The van der Waals surface area contributed by atoms with Gasteiger partial charge in [0.2, 0.25) is 0 Å². The first-order chi connectivity index (χ1) is 7.36. The van der Waals surface area contributed by atoms with Crippen molar-refractivity contribution in [2.75, 3.05) is 0 Å². The van der Waals surface area contributed by atoms with E-state index in [1.54, 1.807) is 11.3 Å². The fourth-order valence-corrected chi connectivity index (χ4v) is 2.44. The predicted octanol–water partition coefficient (Wildman–Crippen LogP) is 3.40. The van der Waals surface area contributed by atoms with Crippen LogP contribution in [0.15, 0.2) is 6.20 Å². The normalized spacial score (nSPS) is 10.5. The maximum Gasteiger partial charge on any atom is 0.126 e. The average molecular weight is 225 g/mol. The minimum absolute atomic E-state index is 0.473. The molecule has 0 saturated heterocycles. The van der Waals surface area contributed by atoms with Crippen LogP contribution in [0.1, 0.15) is 48.9 Å². The number of aldehydes is 1. The first-order valence-electron chi connectivity index (χ1n) is 5.74. The summed E-state index contributed by atoms with van der Waals surface area (Å²) in [7, 11) is 0. The number of carbonyl (C=O) groups is 1. The lowest BCUT2D eigenvalue weighted by Gasteiger charge is -1.97. The maximum atomic E-state index is 10.3. The Morgan fingerprint density at radius 3 is 2.87 bits per heavy atom. The van der Waals surface area contributed by atoms with E-state index in [4.69, 9.17) is 0 Å². The third kappa shape index (κ3) is 5.07. The molecule has 2 nitrogen and oxygen atoms in total. The van der Waals surface area contributed by atoms with Gasteiger partial charge in [-0.3, -0.25) is 0 Å². The van der Waals surface area contributed by atoms with Crippen molar-refractivity contribution in [3.05, 3.63) is 16.1 Å². The third-order valence-electron chi connectivity index (χ3n) is 2.39. The summed E-state index contributed by atoms with van der Waals surface area (Å²) in [5.74, 6) is 0. The molecule has 0 saturated carbocycles.